The quantitative estimate of drug-likeness (QED) is 0.608. The number of hydrogen-bond donors (Lipinski definition) is 1. The van der Waals surface area contributed by atoms with Gasteiger partial charge in [0.25, 0.3) is 0 Å². The van der Waals surface area contributed by atoms with E-state index in [4.69, 9.17) is 0 Å². The van der Waals surface area contributed by atoms with E-state index < -0.39 is 11.0 Å². The zero-order chi connectivity index (χ0) is 14.7. The summed E-state index contributed by atoms with van der Waals surface area (Å²) in [6.45, 7) is 2.49. The van der Waals surface area contributed by atoms with E-state index in [1.54, 1.807) is 23.6 Å². The third-order valence-electron chi connectivity index (χ3n) is 3.13. The second kappa shape index (κ2) is 6.23. The molecule has 0 saturated carbocycles. The Morgan fingerprint density at radius 1 is 1.60 bits per heavy atom. The zero-order valence-corrected chi connectivity index (χ0v) is 11.9. The van der Waals surface area contributed by atoms with Crippen molar-refractivity contribution in [3.8, 4) is 0 Å². The van der Waals surface area contributed by atoms with Crippen LogP contribution in [0.3, 0.4) is 0 Å². The fraction of sp³-hybridized carbons (Fsp3) is 0.636. The van der Waals surface area contributed by atoms with Crippen molar-refractivity contribution in [2.75, 3.05) is 24.6 Å². The molecule has 110 valence electrons. The van der Waals surface area contributed by atoms with Crippen LogP contribution in [-0.4, -0.2) is 61.1 Å². The van der Waals surface area contributed by atoms with Gasteiger partial charge in [-0.15, -0.1) is 0 Å². The SMILES string of the molecule is Cc1ncc([N+](=O)[O-])n1CC(O)CN1CCSCC1=O. The maximum absolute atomic E-state index is 11.6. The Bertz CT molecular complexity index is 519. The van der Waals surface area contributed by atoms with Crippen molar-refractivity contribution >= 4 is 23.5 Å². The van der Waals surface area contributed by atoms with Gasteiger partial charge in [0.1, 0.15) is 18.8 Å². The number of β-amino-alcohol motifs (C(OH)–C–C–N with tert-alkyl or cyclic N) is 1. The molecule has 0 spiro atoms. The fourth-order valence-electron chi connectivity index (χ4n) is 2.09. The Labute approximate surface area is 119 Å². The second-order valence-electron chi connectivity index (χ2n) is 4.58. The molecule has 0 aliphatic carbocycles. The number of nitro groups is 1. The lowest BCUT2D eigenvalue weighted by Crippen LogP contribution is -2.43. The molecule has 0 bridgehead atoms. The Morgan fingerprint density at radius 2 is 2.35 bits per heavy atom. The lowest BCUT2D eigenvalue weighted by Gasteiger charge is -2.28. The highest BCUT2D eigenvalue weighted by Gasteiger charge is 2.25. The van der Waals surface area contributed by atoms with Gasteiger partial charge in [-0.3, -0.25) is 4.79 Å². The maximum atomic E-state index is 11.6. The Hall–Kier alpha value is -1.61. The molecule has 1 aromatic heterocycles. The number of hydrogen-bond acceptors (Lipinski definition) is 6. The normalized spacial score (nSPS) is 17.3. The Balaban J connectivity index is 2.01. The van der Waals surface area contributed by atoms with E-state index >= 15 is 0 Å². The fourth-order valence-corrected chi connectivity index (χ4v) is 2.94. The number of aliphatic hydroxyl groups is 1. The number of aryl methyl sites for hydroxylation is 1. The standard InChI is InChI=1S/C11H16N4O4S/c1-8-12-4-10(15(18)19)14(8)6-9(16)5-13-2-3-20-7-11(13)17/h4,9,16H,2-3,5-7H2,1H3. The van der Waals surface area contributed by atoms with E-state index in [1.165, 1.54) is 10.8 Å². The number of thioether (sulfide) groups is 1. The molecule has 1 unspecified atom stereocenters. The van der Waals surface area contributed by atoms with Gasteiger partial charge in [0.2, 0.25) is 5.91 Å². The summed E-state index contributed by atoms with van der Waals surface area (Å²) in [4.78, 5) is 27.4. The first-order chi connectivity index (χ1) is 9.49. The first-order valence-electron chi connectivity index (χ1n) is 6.19. The van der Waals surface area contributed by atoms with Crippen molar-refractivity contribution in [3.05, 3.63) is 22.1 Å². The van der Waals surface area contributed by atoms with E-state index in [9.17, 15) is 20.0 Å². The summed E-state index contributed by atoms with van der Waals surface area (Å²) in [7, 11) is 0. The van der Waals surface area contributed by atoms with Crippen LogP contribution in [0.15, 0.2) is 6.20 Å². The van der Waals surface area contributed by atoms with Crippen molar-refractivity contribution in [1.29, 1.82) is 0 Å². The van der Waals surface area contributed by atoms with Gasteiger partial charge in [0.05, 0.1) is 12.3 Å². The van der Waals surface area contributed by atoms with Crippen LogP contribution < -0.4 is 0 Å². The van der Waals surface area contributed by atoms with Crippen LogP contribution in [0.2, 0.25) is 0 Å². The van der Waals surface area contributed by atoms with Crippen molar-refractivity contribution < 1.29 is 14.8 Å². The number of aliphatic hydroxyl groups excluding tert-OH is 1. The number of amides is 1. The molecule has 1 aromatic rings. The van der Waals surface area contributed by atoms with E-state index in [0.717, 1.165) is 5.75 Å². The predicted molar refractivity (Wildman–Crippen MR) is 73.5 cm³/mol. The third kappa shape index (κ3) is 3.28. The van der Waals surface area contributed by atoms with Crippen LogP contribution in [0.5, 0.6) is 0 Å². The maximum Gasteiger partial charge on any atom is 0.342 e. The second-order valence-corrected chi connectivity index (χ2v) is 5.68. The van der Waals surface area contributed by atoms with Gasteiger partial charge in [-0.05, 0) is 4.92 Å². The molecular formula is C11H16N4O4S. The lowest BCUT2D eigenvalue weighted by atomic mass is 10.3. The van der Waals surface area contributed by atoms with Gasteiger partial charge in [-0.2, -0.15) is 11.8 Å². The number of aromatic nitrogens is 2. The summed E-state index contributed by atoms with van der Waals surface area (Å²) < 4.78 is 1.35. The van der Waals surface area contributed by atoms with Gasteiger partial charge in [-0.25, -0.2) is 9.55 Å². The topological polar surface area (TPSA) is 102 Å². The molecule has 9 heteroatoms. The van der Waals surface area contributed by atoms with E-state index in [2.05, 4.69) is 4.98 Å². The van der Waals surface area contributed by atoms with Crippen molar-refractivity contribution in [3.63, 3.8) is 0 Å². The molecule has 2 rings (SSSR count). The summed E-state index contributed by atoms with van der Waals surface area (Å²) in [6.07, 6.45) is 0.318. The highest BCUT2D eigenvalue weighted by molar-refractivity contribution is 8.00. The van der Waals surface area contributed by atoms with E-state index in [1.807, 2.05) is 0 Å². The lowest BCUT2D eigenvalue weighted by molar-refractivity contribution is -0.392. The predicted octanol–water partition coefficient (Wildman–Crippen LogP) is 0.0360. The molecular weight excluding hydrogens is 284 g/mol. The van der Waals surface area contributed by atoms with E-state index in [0.29, 0.717) is 18.1 Å². The number of rotatable bonds is 5. The van der Waals surface area contributed by atoms with Gasteiger partial charge in [-0.1, -0.05) is 0 Å². The van der Waals surface area contributed by atoms with Crippen LogP contribution in [0, 0.1) is 17.0 Å². The summed E-state index contributed by atoms with van der Waals surface area (Å²) in [6, 6.07) is 0. The Kier molecular flexibility index (Phi) is 4.61. The molecule has 0 aromatic carbocycles. The van der Waals surface area contributed by atoms with Crippen LogP contribution in [-0.2, 0) is 11.3 Å². The molecule has 1 fully saturated rings. The Morgan fingerprint density at radius 3 is 3.00 bits per heavy atom. The van der Waals surface area contributed by atoms with Crippen LogP contribution in [0.1, 0.15) is 5.82 Å². The summed E-state index contributed by atoms with van der Waals surface area (Å²) in [5.41, 5.74) is 0. The van der Waals surface area contributed by atoms with Crippen LogP contribution >= 0.6 is 11.8 Å². The third-order valence-corrected chi connectivity index (χ3v) is 4.05. The highest BCUT2D eigenvalue weighted by Crippen LogP contribution is 2.16. The average molecular weight is 300 g/mol. The zero-order valence-electron chi connectivity index (χ0n) is 11.1. The molecule has 0 radical (unpaired) electrons. The van der Waals surface area contributed by atoms with Gasteiger partial charge in [0.15, 0.2) is 5.82 Å². The molecule has 2 heterocycles. The molecule has 1 aliphatic heterocycles. The first kappa shape index (κ1) is 14.8. The van der Waals surface area contributed by atoms with Gasteiger partial charge >= 0.3 is 5.82 Å². The molecule has 1 aliphatic rings. The summed E-state index contributed by atoms with van der Waals surface area (Å²) in [5, 5.41) is 20.9. The first-order valence-corrected chi connectivity index (χ1v) is 7.34. The monoisotopic (exact) mass is 300 g/mol. The number of carbonyl (C=O) groups is 1. The van der Waals surface area contributed by atoms with Crippen LogP contribution in [0.4, 0.5) is 5.82 Å². The largest absolute Gasteiger partial charge is 0.387 e. The minimum absolute atomic E-state index is 0.00264. The molecule has 20 heavy (non-hydrogen) atoms. The average Bonchev–Trinajstić information content (AvgIpc) is 2.74. The van der Waals surface area contributed by atoms with E-state index in [-0.39, 0.29) is 24.8 Å². The smallest absolute Gasteiger partial charge is 0.342 e. The summed E-state index contributed by atoms with van der Waals surface area (Å²) in [5.74, 6) is 1.59. The van der Waals surface area contributed by atoms with Crippen molar-refractivity contribution in [2.24, 2.45) is 0 Å². The highest BCUT2D eigenvalue weighted by atomic mass is 32.2. The number of carbonyl (C=O) groups excluding carboxylic acids is 1. The molecule has 1 atom stereocenters. The van der Waals surface area contributed by atoms with Gasteiger partial charge in [0, 0.05) is 19.2 Å². The minimum atomic E-state index is -0.853. The van der Waals surface area contributed by atoms with Crippen molar-refractivity contribution in [2.45, 2.75) is 19.6 Å². The molecule has 1 N–H and O–H groups in total. The number of imidazole rings is 1. The summed E-state index contributed by atoms with van der Waals surface area (Å²) >= 11 is 1.57. The minimum Gasteiger partial charge on any atom is -0.387 e. The van der Waals surface area contributed by atoms with Crippen LogP contribution in [0.25, 0.3) is 0 Å². The molecule has 8 nitrogen and oxygen atoms in total. The molecule has 1 amide bonds. The van der Waals surface area contributed by atoms with Gasteiger partial charge < -0.3 is 20.1 Å². The number of nitrogens with zero attached hydrogens (tertiary/aromatic N) is 4. The van der Waals surface area contributed by atoms with Crippen molar-refractivity contribution in [1.82, 2.24) is 14.5 Å². The molecule has 1 saturated heterocycles.